The summed E-state index contributed by atoms with van der Waals surface area (Å²) in [6.45, 7) is 3.19. The minimum atomic E-state index is 0.924. The zero-order valence-corrected chi connectivity index (χ0v) is 15.4. The Kier molecular flexibility index (Phi) is 6.41. The Morgan fingerprint density at radius 3 is 2.42 bits per heavy atom. The van der Waals surface area contributed by atoms with Crippen LogP contribution in [0.15, 0.2) is 35.7 Å². The Labute approximate surface area is 148 Å². The Morgan fingerprint density at radius 2 is 1.67 bits per heavy atom. The number of fused-ring (bicyclic) bond motifs is 1. The molecule has 0 saturated carbocycles. The van der Waals surface area contributed by atoms with Gasteiger partial charge in [-0.1, -0.05) is 70.1 Å². The SMILES string of the molecule is CCCCCCCCCCn1nc2cccc(-c3cccs3)c2n1. The van der Waals surface area contributed by atoms with E-state index in [1.807, 2.05) is 4.80 Å². The van der Waals surface area contributed by atoms with E-state index in [2.05, 4.69) is 47.7 Å². The van der Waals surface area contributed by atoms with E-state index >= 15 is 0 Å². The fourth-order valence-electron chi connectivity index (χ4n) is 3.10. The number of nitrogens with zero attached hydrogens (tertiary/aromatic N) is 3. The van der Waals surface area contributed by atoms with E-state index in [0.717, 1.165) is 17.6 Å². The van der Waals surface area contributed by atoms with Gasteiger partial charge in [0.1, 0.15) is 11.0 Å². The zero-order chi connectivity index (χ0) is 16.6. The van der Waals surface area contributed by atoms with Crippen LogP contribution in [0.25, 0.3) is 21.5 Å². The van der Waals surface area contributed by atoms with Crippen LogP contribution in [0.4, 0.5) is 0 Å². The molecule has 3 nitrogen and oxygen atoms in total. The molecule has 0 aliphatic carbocycles. The maximum Gasteiger partial charge on any atom is 0.121 e. The molecule has 0 unspecified atom stereocenters. The van der Waals surface area contributed by atoms with Gasteiger partial charge in [0.05, 0.1) is 6.54 Å². The van der Waals surface area contributed by atoms with Crippen LogP contribution in [-0.4, -0.2) is 15.0 Å². The van der Waals surface area contributed by atoms with Crippen molar-refractivity contribution >= 4 is 22.4 Å². The number of hydrogen-bond donors (Lipinski definition) is 0. The van der Waals surface area contributed by atoms with E-state index in [1.165, 1.54) is 61.8 Å². The van der Waals surface area contributed by atoms with Crippen LogP contribution in [0.1, 0.15) is 58.3 Å². The highest BCUT2D eigenvalue weighted by Crippen LogP contribution is 2.29. The van der Waals surface area contributed by atoms with E-state index < -0.39 is 0 Å². The highest BCUT2D eigenvalue weighted by Gasteiger charge is 2.09. The van der Waals surface area contributed by atoms with E-state index in [0.29, 0.717) is 0 Å². The fourth-order valence-corrected chi connectivity index (χ4v) is 3.85. The molecule has 0 amide bonds. The van der Waals surface area contributed by atoms with Gasteiger partial charge in [-0.05, 0) is 23.9 Å². The third-order valence-electron chi connectivity index (χ3n) is 4.45. The van der Waals surface area contributed by atoms with Crippen LogP contribution >= 0.6 is 11.3 Å². The smallest absolute Gasteiger partial charge is 0.121 e. The first-order valence-corrected chi connectivity index (χ1v) is 10.1. The van der Waals surface area contributed by atoms with Crippen molar-refractivity contribution in [3.05, 3.63) is 35.7 Å². The van der Waals surface area contributed by atoms with Crippen molar-refractivity contribution in [2.75, 3.05) is 0 Å². The monoisotopic (exact) mass is 341 g/mol. The molecular weight excluding hydrogens is 314 g/mol. The molecular formula is C20H27N3S. The second kappa shape index (κ2) is 8.97. The summed E-state index contributed by atoms with van der Waals surface area (Å²) in [5.74, 6) is 0. The highest BCUT2D eigenvalue weighted by atomic mass is 32.1. The summed E-state index contributed by atoms with van der Waals surface area (Å²) in [5, 5.41) is 11.5. The molecule has 0 bridgehead atoms. The average Bonchev–Trinajstić information content (AvgIpc) is 3.25. The first-order valence-electron chi connectivity index (χ1n) is 9.26. The summed E-state index contributed by atoms with van der Waals surface area (Å²) in [7, 11) is 0. The van der Waals surface area contributed by atoms with Gasteiger partial charge in [-0.15, -0.1) is 11.3 Å². The maximum absolute atomic E-state index is 4.74. The molecule has 0 saturated heterocycles. The number of hydrogen-bond acceptors (Lipinski definition) is 3. The largest absolute Gasteiger partial charge is 0.184 e. The van der Waals surface area contributed by atoms with Gasteiger partial charge in [-0.25, -0.2) is 0 Å². The van der Waals surface area contributed by atoms with E-state index in [-0.39, 0.29) is 0 Å². The molecule has 4 heteroatoms. The van der Waals surface area contributed by atoms with Gasteiger partial charge >= 0.3 is 0 Å². The highest BCUT2D eigenvalue weighted by molar-refractivity contribution is 7.13. The van der Waals surface area contributed by atoms with Crippen molar-refractivity contribution in [3.8, 4) is 10.4 Å². The molecule has 2 aromatic heterocycles. The van der Waals surface area contributed by atoms with Gasteiger partial charge in [-0.3, -0.25) is 0 Å². The Bertz CT molecular complexity index is 731. The number of unbranched alkanes of at least 4 members (excludes halogenated alkanes) is 7. The number of aryl methyl sites for hydroxylation is 1. The average molecular weight is 342 g/mol. The first-order chi connectivity index (χ1) is 11.9. The number of aromatic nitrogens is 3. The summed E-state index contributed by atoms with van der Waals surface area (Å²) in [4.78, 5) is 3.15. The van der Waals surface area contributed by atoms with Crippen LogP contribution in [-0.2, 0) is 6.54 Å². The zero-order valence-electron chi connectivity index (χ0n) is 14.6. The standard InChI is InChI=1S/C20H27N3S/c1-2-3-4-5-6-7-8-9-15-23-21-18-13-10-12-17(20(18)22-23)19-14-11-16-24-19/h10-14,16H,2-9,15H2,1H3. The summed E-state index contributed by atoms with van der Waals surface area (Å²) < 4.78 is 0. The van der Waals surface area contributed by atoms with Crippen LogP contribution in [0.3, 0.4) is 0 Å². The van der Waals surface area contributed by atoms with Crippen LogP contribution < -0.4 is 0 Å². The van der Waals surface area contributed by atoms with Crippen molar-refractivity contribution in [1.29, 1.82) is 0 Å². The lowest BCUT2D eigenvalue weighted by Crippen LogP contribution is -2.02. The molecule has 0 aliphatic heterocycles. The molecule has 0 radical (unpaired) electrons. The molecule has 0 N–H and O–H groups in total. The molecule has 0 fully saturated rings. The lowest BCUT2D eigenvalue weighted by atomic mass is 10.1. The minimum absolute atomic E-state index is 0.924. The van der Waals surface area contributed by atoms with E-state index in [4.69, 9.17) is 5.10 Å². The lowest BCUT2D eigenvalue weighted by Gasteiger charge is -2.01. The van der Waals surface area contributed by atoms with Crippen molar-refractivity contribution in [2.45, 2.75) is 64.8 Å². The Morgan fingerprint density at radius 1 is 0.875 bits per heavy atom. The number of rotatable bonds is 10. The normalized spacial score (nSPS) is 11.4. The van der Waals surface area contributed by atoms with Crippen molar-refractivity contribution < 1.29 is 0 Å². The molecule has 0 aliphatic rings. The molecule has 24 heavy (non-hydrogen) atoms. The van der Waals surface area contributed by atoms with Gasteiger partial charge in [-0.2, -0.15) is 15.0 Å². The van der Waals surface area contributed by atoms with Crippen LogP contribution in [0.5, 0.6) is 0 Å². The van der Waals surface area contributed by atoms with Crippen molar-refractivity contribution in [3.63, 3.8) is 0 Å². The van der Waals surface area contributed by atoms with Gasteiger partial charge in [0.2, 0.25) is 0 Å². The maximum atomic E-state index is 4.74. The molecule has 0 atom stereocenters. The van der Waals surface area contributed by atoms with Gasteiger partial charge in [0, 0.05) is 10.4 Å². The summed E-state index contributed by atoms with van der Waals surface area (Å²) in [6, 6.07) is 10.5. The summed E-state index contributed by atoms with van der Waals surface area (Å²) >= 11 is 1.76. The first kappa shape index (κ1) is 17.2. The van der Waals surface area contributed by atoms with Crippen molar-refractivity contribution in [2.24, 2.45) is 0 Å². The predicted molar refractivity (Wildman–Crippen MR) is 103 cm³/mol. The molecule has 0 spiro atoms. The Balaban J connectivity index is 1.52. The van der Waals surface area contributed by atoms with Gasteiger partial charge < -0.3 is 0 Å². The third-order valence-corrected chi connectivity index (χ3v) is 5.35. The molecule has 1 aromatic carbocycles. The predicted octanol–water partition coefficient (Wildman–Crippen LogP) is 6.30. The summed E-state index contributed by atoms with van der Waals surface area (Å²) in [5.41, 5.74) is 3.23. The lowest BCUT2D eigenvalue weighted by molar-refractivity contribution is 0.485. The fraction of sp³-hybridized carbons (Fsp3) is 0.500. The van der Waals surface area contributed by atoms with Gasteiger partial charge in [0.15, 0.2) is 0 Å². The molecule has 2 heterocycles. The second-order valence-corrected chi connectivity index (χ2v) is 7.37. The minimum Gasteiger partial charge on any atom is -0.184 e. The Hall–Kier alpha value is -1.68. The second-order valence-electron chi connectivity index (χ2n) is 6.42. The molecule has 128 valence electrons. The number of thiophene rings is 1. The molecule has 3 rings (SSSR count). The van der Waals surface area contributed by atoms with E-state index in [1.54, 1.807) is 11.3 Å². The quantitative estimate of drug-likeness (QED) is 0.405. The van der Waals surface area contributed by atoms with Crippen molar-refractivity contribution in [1.82, 2.24) is 15.0 Å². The van der Waals surface area contributed by atoms with E-state index in [9.17, 15) is 0 Å². The van der Waals surface area contributed by atoms with Gasteiger partial charge in [0.25, 0.3) is 0 Å². The third kappa shape index (κ3) is 4.44. The van der Waals surface area contributed by atoms with Crippen LogP contribution in [0.2, 0.25) is 0 Å². The van der Waals surface area contributed by atoms with Crippen LogP contribution in [0, 0.1) is 0 Å². The number of benzene rings is 1. The molecule has 3 aromatic rings. The topological polar surface area (TPSA) is 30.7 Å². The summed E-state index contributed by atoms with van der Waals surface area (Å²) in [6.07, 6.45) is 10.7.